The van der Waals surface area contributed by atoms with Gasteiger partial charge in [0, 0.05) is 13.0 Å². The lowest BCUT2D eigenvalue weighted by Crippen LogP contribution is -2.30. The maximum absolute atomic E-state index is 11.7. The zero-order valence-corrected chi connectivity index (χ0v) is 17.4. The SMILES string of the molecule is CCCCCCCC=CCCCCCCC(=O)NCCCC[C@H](N)C(=O)O. The smallest absolute Gasteiger partial charge is 0.320 e. The number of hydrogen-bond donors (Lipinski definition) is 3. The van der Waals surface area contributed by atoms with Crippen LogP contribution in [0.2, 0.25) is 0 Å². The molecular formula is C22H42N2O3. The minimum Gasteiger partial charge on any atom is -0.480 e. The number of unbranched alkanes of at least 4 members (excludes halogenated alkanes) is 10. The van der Waals surface area contributed by atoms with Gasteiger partial charge in [0.2, 0.25) is 5.91 Å². The molecule has 27 heavy (non-hydrogen) atoms. The maximum Gasteiger partial charge on any atom is 0.320 e. The summed E-state index contributed by atoms with van der Waals surface area (Å²) >= 11 is 0. The van der Waals surface area contributed by atoms with Crippen molar-refractivity contribution in [2.45, 2.75) is 109 Å². The van der Waals surface area contributed by atoms with Gasteiger partial charge in [0.1, 0.15) is 6.04 Å². The average molecular weight is 383 g/mol. The van der Waals surface area contributed by atoms with Gasteiger partial charge in [-0.05, 0) is 51.4 Å². The van der Waals surface area contributed by atoms with E-state index in [1.807, 2.05) is 0 Å². The number of rotatable bonds is 19. The van der Waals surface area contributed by atoms with Gasteiger partial charge in [0.25, 0.3) is 0 Å². The quantitative estimate of drug-likeness (QED) is 0.218. The Balaban J connectivity index is 3.30. The number of carbonyl (C=O) groups excluding carboxylic acids is 1. The number of aliphatic carboxylic acids is 1. The molecule has 0 rings (SSSR count). The van der Waals surface area contributed by atoms with Gasteiger partial charge in [-0.15, -0.1) is 0 Å². The second-order valence-corrected chi connectivity index (χ2v) is 7.42. The van der Waals surface area contributed by atoms with Crippen molar-refractivity contribution in [3.05, 3.63) is 12.2 Å². The summed E-state index contributed by atoms with van der Waals surface area (Å²) < 4.78 is 0. The lowest BCUT2D eigenvalue weighted by Gasteiger charge is -2.07. The molecular weight excluding hydrogens is 340 g/mol. The van der Waals surface area contributed by atoms with Crippen LogP contribution in [-0.4, -0.2) is 29.6 Å². The number of hydrogen-bond acceptors (Lipinski definition) is 3. The molecule has 1 amide bonds. The Morgan fingerprint density at radius 2 is 1.48 bits per heavy atom. The predicted molar refractivity (Wildman–Crippen MR) is 113 cm³/mol. The topological polar surface area (TPSA) is 92.4 Å². The minimum atomic E-state index is -0.961. The Morgan fingerprint density at radius 1 is 0.889 bits per heavy atom. The Morgan fingerprint density at radius 3 is 2.07 bits per heavy atom. The van der Waals surface area contributed by atoms with Crippen LogP contribution >= 0.6 is 0 Å². The molecule has 0 fully saturated rings. The molecule has 4 N–H and O–H groups in total. The van der Waals surface area contributed by atoms with Crippen LogP contribution in [0.15, 0.2) is 12.2 Å². The lowest BCUT2D eigenvalue weighted by molar-refractivity contribution is -0.138. The summed E-state index contributed by atoms with van der Waals surface area (Å²) in [6, 6.07) is -0.790. The number of amides is 1. The van der Waals surface area contributed by atoms with E-state index in [1.165, 1.54) is 51.4 Å². The molecule has 0 spiro atoms. The molecule has 0 aliphatic rings. The molecule has 0 saturated carbocycles. The zero-order chi connectivity index (χ0) is 20.2. The third-order valence-corrected chi connectivity index (χ3v) is 4.75. The van der Waals surface area contributed by atoms with Crippen molar-refractivity contribution >= 4 is 11.9 Å². The van der Waals surface area contributed by atoms with Gasteiger partial charge < -0.3 is 16.2 Å². The highest BCUT2D eigenvalue weighted by Crippen LogP contribution is 2.08. The molecule has 5 heteroatoms. The van der Waals surface area contributed by atoms with E-state index in [9.17, 15) is 9.59 Å². The molecule has 0 bridgehead atoms. The van der Waals surface area contributed by atoms with Crippen molar-refractivity contribution in [2.24, 2.45) is 5.73 Å². The molecule has 1 atom stereocenters. The normalized spacial score (nSPS) is 12.4. The number of allylic oxidation sites excluding steroid dienone is 2. The fourth-order valence-corrected chi connectivity index (χ4v) is 2.93. The van der Waals surface area contributed by atoms with Crippen LogP contribution in [0.25, 0.3) is 0 Å². The fourth-order valence-electron chi connectivity index (χ4n) is 2.93. The summed E-state index contributed by atoms with van der Waals surface area (Å²) in [5.74, 6) is -0.863. The molecule has 0 saturated heterocycles. The summed E-state index contributed by atoms with van der Waals surface area (Å²) in [5, 5.41) is 11.6. The van der Waals surface area contributed by atoms with Crippen LogP contribution in [0, 0.1) is 0 Å². The van der Waals surface area contributed by atoms with E-state index < -0.39 is 12.0 Å². The molecule has 0 aliphatic heterocycles. The van der Waals surface area contributed by atoms with Crippen LogP contribution in [0.4, 0.5) is 0 Å². The standard InChI is InChI=1S/C22H42N2O3/c1-2-3-4-5-6-7-8-9-10-11-12-13-14-18-21(25)24-19-16-15-17-20(23)22(26)27/h8-9,20H,2-7,10-19,23H2,1H3,(H,24,25)(H,26,27)/t20-/m0/s1. The Kier molecular flexibility index (Phi) is 18.4. The highest BCUT2D eigenvalue weighted by Gasteiger charge is 2.10. The van der Waals surface area contributed by atoms with Gasteiger partial charge in [-0.3, -0.25) is 9.59 Å². The number of carboxylic acid groups (broad SMARTS) is 1. The molecule has 0 aromatic heterocycles. The van der Waals surface area contributed by atoms with Crippen LogP contribution in [0.5, 0.6) is 0 Å². The van der Waals surface area contributed by atoms with Gasteiger partial charge in [-0.2, -0.15) is 0 Å². The van der Waals surface area contributed by atoms with Gasteiger partial charge in [0.05, 0.1) is 0 Å². The first-order valence-corrected chi connectivity index (χ1v) is 11.0. The first-order valence-electron chi connectivity index (χ1n) is 11.0. The number of nitrogens with one attached hydrogen (secondary N) is 1. The van der Waals surface area contributed by atoms with Crippen molar-refractivity contribution in [2.75, 3.05) is 6.54 Å². The van der Waals surface area contributed by atoms with Crippen LogP contribution in [0.3, 0.4) is 0 Å². The third-order valence-electron chi connectivity index (χ3n) is 4.75. The molecule has 158 valence electrons. The minimum absolute atomic E-state index is 0.0977. The fraction of sp³-hybridized carbons (Fsp3) is 0.818. The molecule has 0 aliphatic carbocycles. The Hall–Kier alpha value is -1.36. The largest absolute Gasteiger partial charge is 0.480 e. The highest BCUT2D eigenvalue weighted by atomic mass is 16.4. The third kappa shape index (κ3) is 19.2. The average Bonchev–Trinajstić information content (AvgIpc) is 2.64. The van der Waals surface area contributed by atoms with Crippen molar-refractivity contribution in [3.8, 4) is 0 Å². The van der Waals surface area contributed by atoms with E-state index in [0.717, 1.165) is 32.1 Å². The molecule has 0 unspecified atom stereocenters. The monoisotopic (exact) mass is 382 g/mol. The first-order chi connectivity index (χ1) is 13.1. The van der Waals surface area contributed by atoms with Crippen LogP contribution in [0.1, 0.15) is 103 Å². The summed E-state index contributed by atoms with van der Waals surface area (Å²) in [7, 11) is 0. The van der Waals surface area contributed by atoms with Gasteiger partial charge in [-0.1, -0.05) is 57.6 Å². The molecule has 0 aromatic rings. The van der Waals surface area contributed by atoms with Gasteiger partial charge in [-0.25, -0.2) is 0 Å². The molecule has 5 nitrogen and oxygen atoms in total. The van der Waals surface area contributed by atoms with E-state index >= 15 is 0 Å². The van der Waals surface area contributed by atoms with Gasteiger partial charge >= 0.3 is 5.97 Å². The number of nitrogens with two attached hydrogens (primary N) is 1. The van der Waals surface area contributed by atoms with E-state index in [0.29, 0.717) is 19.4 Å². The molecule has 0 aromatic carbocycles. The lowest BCUT2D eigenvalue weighted by atomic mass is 10.1. The number of carboxylic acids is 1. The summed E-state index contributed by atoms with van der Waals surface area (Å²) in [6.07, 6.45) is 20.7. The summed E-state index contributed by atoms with van der Waals surface area (Å²) in [6.45, 7) is 2.85. The maximum atomic E-state index is 11.7. The first kappa shape index (κ1) is 25.6. The summed E-state index contributed by atoms with van der Waals surface area (Å²) in [5.41, 5.74) is 5.43. The number of carbonyl (C=O) groups is 2. The second kappa shape index (κ2) is 19.4. The van der Waals surface area contributed by atoms with Crippen molar-refractivity contribution in [1.82, 2.24) is 5.32 Å². The second-order valence-electron chi connectivity index (χ2n) is 7.42. The van der Waals surface area contributed by atoms with E-state index in [4.69, 9.17) is 10.8 Å². The van der Waals surface area contributed by atoms with Gasteiger partial charge in [0.15, 0.2) is 0 Å². The van der Waals surface area contributed by atoms with E-state index in [-0.39, 0.29) is 5.91 Å². The van der Waals surface area contributed by atoms with Crippen molar-refractivity contribution < 1.29 is 14.7 Å². The van der Waals surface area contributed by atoms with Crippen molar-refractivity contribution in [3.63, 3.8) is 0 Å². The van der Waals surface area contributed by atoms with E-state index in [1.54, 1.807) is 0 Å². The van der Waals surface area contributed by atoms with Crippen LogP contribution < -0.4 is 11.1 Å². The zero-order valence-electron chi connectivity index (χ0n) is 17.4. The highest BCUT2D eigenvalue weighted by molar-refractivity contribution is 5.75. The van der Waals surface area contributed by atoms with Crippen molar-refractivity contribution in [1.29, 1.82) is 0 Å². The molecule has 0 radical (unpaired) electrons. The molecule has 0 heterocycles. The van der Waals surface area contributed by atoms with Crippen LogP contribution in [-0.2, 0) is 9.59 Å². The Bertz CT molecular complexity index is 397. The predicted octanol–water partition coefficient (Wildman–Crippen LogP) is 4.94. The summed E-state index contributed by atoms with van der Waals surface area (Å²) in [4.78, 5) is 22.3. The Labute approximate surface area is 166 Å². The van der Waals surface area contributed by atoms with E-state index in [2.05, 4.69) is 24.4 Å².